The van der Waals surface area contributed by atoms with Gasteiger partial charge in [0.25, 0.3) is 0 Å². The van der Waals surface area contributed by atoms with Crippen molar-refractivity contribution < 1.29 is 0 Å². The first kappa shape index (κ1) is 30.2. The van der Waals surface area contributed by atoms with E-state index in [0.29, 0.717) is 0 Å². The first-order valence-electron chi connectivity index (χ1n) is 18.5. The molecule has 0 nitrogen and oxygen atoms in total. The van der Waals surface area contributed by atoms with Crippen molar-refractivity contribution in [2.24, 2.45) is 0 Å². The molecule has 12 rings (SSSR count). The van der Waals surface area contributed by atoms with Crippen molar-refractivity contribution in [3.8, 4) is 33.4 Å². The molecule has 0 aliphatic heterocycles. The summed E-state index contributed by atoms with van der Waals surface area (Å²) in [5.41, 5.74) is 7.57. The van der Waals surface area contributed by atoms with E-state index in [-0.39, 0.29) is 0 Å². The molecule has 0 bridgehead atoms. The average Bonchev–Trinajstić information content (AvgIpc) is 3.78. The van der Waals surface area contributed by atoms with Crippen LogP contribution in [0.5, 0.6) is 0 Å². The molecule has 0 unspecified atom stereocenters. The van der Waals surface area contributed by atoms with E-state index < -0.39 is 0 Å². The van der Waals surface area contributed by atoms with Gasteiger partial charge < -0.3 is 0 Å². The van der Waals surface area contributed by atoms with Crippen molar-refractivity contribution in [1.29, 1.82) is 0 Å². The monoisotopic (exact) mass is 718 g/mol. The predicted octanol–water partition coefficient (Wildman–Crippen LogP) is 16.0. The van der Waals surface area contributed by atoms with Gasteiger partial charge in [0, 0.05) is 40.3 Å². The number of fused-ring (bicyclic) bond motifs is 11. The molecule has 10 aromatic carbocycles. The van der Waals surface area contributed by atoms with Gasteiger partial charge in [-0.1, -0.05) is 146 Å². The number of thiophene rings is 2. The first-order chi connectivity index (χ1) is 26.8. The zero-order valence-corrected chi connectivity index (χ0v) is 30.8. The summed E-state index contributed by atoms with van der Waals surface area (Å²) >= 11 is 3.82. The summed E-state index contributed by atoms with van der Waals surface area (Å²) in [6, 6.07) is 67.9. The van der Waals surface area contributed by atoms with Gasteiger partial charge in [-0.2, -0.15) is 0 Å². The largest absolute Gasteiger partial charge is 0.135 e. The molecule has 0 radical (unpaired) electrons. The molecule has 0 spiro atoms. The Kier molecular flexibility index (Phi) is 6.48. The Labute approximate surface area is 319 Å². The van der Waals surface area contributed by atoms with Crippen LogP contribution in [0.25, 0.3) is 117 Å². The molecule has 2 aromatic heterocycles. The van der Waals surface area contributed by atoms with Crippen LogP contribution in [0.15, 0.2) is 182 Å². The Morgan fingerprint density at radius 1 is 0.259 bits per heavy atom. The molecule has 0 amide bonds. The van der Waals surface area contributed by atoms with Crippen molar-refractivity contribution in [3.05, 3.63) is 182 Å². The molecule has 12 aromatic rings. The van der Waals surface area contributed by atoms with E-state index in [4.69, 9.17) is 0 Å². The van der Waals surface area contributed by atoms with Crippen molar-refractivity contribution in [1.82, 2.24) is 0 Å². The molecule has 2 heterocycles. The van der Waals surface area contributed by atoms with Crippen LogP contribution >= 0.6 is 22.7 Å². The molecule has 250 valence electrons. The van der Waals surface area contributed by atoms with Crippen LogP contribution in [0.3, 0.4) is 0 Å². The highest BCUT2D eigenvalue weighted by molar-refractivity contribution is 7.27. The van der Waals surface area contributed by atoms with Gasteiger partial charge in [-0.3, -0.25) is 0 Å². The van der Waals surface area contributed by atoms with Crippen molar-refractivity contribution in [2.75, 3.05) is 0 Å². The van der Waals surface area contributed by atoms with E-state index in [2.05, 4.69) is 182 Å². The van der Waals surface area contributed by atoms with E-state index >= 15 is 0 Å². The molecule has 0 atom stereocenters. The van der Waals surface area contributed by atoms with Crippen LogP contribution < -0.4 is 0 Å². The lowest BCUT2D eigenvalue weighted by molar-refractivity contribution is 1.64. The summed E-state index contributed by atoms with van der Waals surface area (Å²) < 4.78 is 5.39. The zero-order chi connectivity index (χ0) is 35.3. The standard InChI is InChI=1S/C52H30S2/c1-2-13-32-26-35(25-24-31(32)12-1)51-41-21-7-5-19-39(41)50(40-20-6-8-22-42(40)51)34-15-11-14-33(27-34)43-28-49-52(38-18-4-3-16-36(38)43)45-30-47-44(29-48(45)54-49)37-17-9-10-23-46(37)53-47/h1-30H. The minimum atomic E-state index is 1.23. The second kappa shape index (κ2) is 11.6. The lowest BCUT2D eigenvalue weighted by Gasteiger charge is -2.18. The maximum atomic E-state index is 2.45. The fourth-order valence-electron chi connectivity index (χ4n) is 9.03. The lowest BCUT2D eigenvalue weighted by Crippen LogP contribution is -1.91. The minimum absolute atomic E-state index is 1.23. The molecule has 54 heavy (non-hydrogen) atoms. The number of benzene rings is 10. The van der Waals surface area contributed by atoms with Crippen LogP contribution in [0.4, 0.5) is 0 Å². The van der Waals surface area contributed by atoms with Gasteiger partial charge in [-0.15, -0.1) is 22.7 Å². The van der Waals surface area contributed by atoms with E-state index in [9.17, 15) is 0 Å². The van der Waals surface area contributed by atoms with Crippen molar-refractivity contribution in [2.45, 2.75) is 0 Å². The summed E-state index contributed by atoms with van der Waals surface area (Å²) in [5.74, 6) is 0. The summed E-state index contributed by atoms with van der Waals surface area (Å²) in [7, 11) is 0. The highest BCUT2D eigenvalue weighted by Gasteiger charge is 2.19. The van der Waals surface area contributed by atoms with Crippen molar-refractivity contribution >= 4 is 106 Å². The van der Waals surface area contributed by atoms with E-state index in [1.807, 2.05) is 22.7 Å². The summed E-state index contributed by atoms with van der Waals surface area (Å²) in [5, 5.41) is 15.7. The maximum absolute atomic E-state index is 2.45. The SMILES string of the molecule is c1cc(-c2c3ccccc3c(-c3ccc4ccccc4c3)c3ccccc23)cc(-c2cc3sc4cc5c(cc4c3c3ccccc23)sc2ccccc25)c1. The summed E-state index contributed by atoms with van der Waals surface area (Å²) in [6.07, 6.45) is 0. The second-order valence-electron chi connectivity index (χ2n) is 14.4. The van der Waals surface area contributed by atoms with Gasteiger partial charge in [-0.05, 0) is 113 Å². The highest BCUT2D eigenvalue weighted by Crippen LogP contribution is 2.48. The molecule has 0 saturated carbocycles. The van der Waals surface area contributed by atoms with Gasteiger partial charge in [0.05, 0.1) is 0 Å². The topological polar surface area (TPSA) is 0 Å². The molecular formula is C52H30S2. The molecule has 0 aliphatic carbocycles. The normalized spacial score (nSPS) is 12.1. The van der Waals surface area contributed by atoms with Crippen LogP contribution in [0.2, 0.25) is 0 Å². The van der Waals surface area contributed by atoms with Crippen LogP contribution in [-0.4, -0.2) is 0 Å². The van der Waals surface area contributed by atoms with Gasteiger partial charge in [0.2, 0.25) is 0 Å². The second-order valence-corrected chi connectivity index (χ2v) is 16.5. The lowest BCUT2D eigenvalue weighted by atomic mass is 9.85. The van der Waals surface area contributed by atoms with Crippen LogP contribution in [0.1, 0.15) is 0 Å². The highest BCUT2D eigenvalue weighted by atomic mass is 32.1. The fraction of sp³-hybridized carbons (Fsp3) is 0. The molecule has 2 heteroatoms. The third kappa shape index (κ3) is 4.42. The molecule has 0 fully saturated rings. The number of hydrogen-bond acceptors (Lipinski definition) is 2. The van der Waals surface area contributed by atoms with Gasteiger partial charge in [0.1, 0.15) is 0 Å². The Morgan fingerprint density at radius 3 is 1.54 bits per heavy atom. The predicted molar refractivity (Wildman–Crippen MR) is 239 cm³/mol. The Hall–Kier alpha value is -6.32. The quantitative estimate of drug-likeness (QED) is 0.160. The third-order valence-corrected chi connectivity index (χ3v) is 13.6. The minimum Gasteiger partial charge on any atom is -0.135 e. The van der Waals surface area contributed by atoms with E-state index in [1.54, 1.807) is 0 Å². The molecule has 0 aliphatic rings. The number of hydrogen-bond donors (Lipinski definition) is 0. The van der Waals surface area contributed by atoms with Gasteiger partial charge in [-0.25, -0.2) is 0 Å². The first-order valence-corrected chi connectivity index (χ1v) is 20.1. The Balaban J connectivity index is 1.09. The summed E-state index contributed by atoms with van der Waals surface area (Å²) in [6.45, 7) is 0. The molecular weight excluding hydrogens is 689 g/mol. The Morgan fingerprint density at radius 2 is 0.796 bits per heavy atom. The zero-order valence-electron chi connectivity index (χ0n) is 29.1. The van der Waals surface area contributed by atoms with Crippen LogP contribution in [0, 0.1) is 0 Å². The molecule has 0 saturated heterocycles. The van der Waals surface area contributed by atoms with Crippen molar-refractivity contribution in [3.63, 3.8) is 0 Å². The molecule has 0 N–H and O–H groups in total. The maximum Gasteiger partial charge on any atom is 0.0368 e. The Bertz CT molecular complexity index is 3450. The fourth-order valence-corrected chi connectivity index (χ4v) is 11.3. The number of rotatable bonds is 3. The average molecular weight is 719 g/mol. The van der Waals surface area contributed by atoms with Crippen LogP contribution in [-0.2, 0) is 0 Å². The van der Waals surface area contributed by atoms with Gasteiger partial charge >= 0.3 is 0 Å². The third-order valence-electron chi connectivity index (χ3n) is 11.4. The van der Waals surface area contributed by atoms with E-state index in [0.717, 1.165) is 0 Å². The summed E-state index contributed by atoms with van der Waals surface area (Å²) in [4.78, 5) is 0. The van der Waals surface area contributed by atoms with E-state index in [1.165, 1.54) is 117 Å². The van der Waals surface area contributed by atoms with Gasteiger partial charge in [0.15, 0.2) is 0 Å². The smallest absolute Gasteiger partial charge is 0.0368 e.